The van der Waals surface area contributed by atoms with Crippen molar-refractivity contribution in [2.24, 2.45) is 0 Å². The summed E-state index contributed by atoms with van der Waals surface area (Å²) in [6.07, 6.45) is 1.02. The summed E-state index contributed by atoms with van der Waals surface area (Å²) in [5, 5.41) is 39.5. The van der Waals surface area contributed by atoms with Crippen LogP contribution in [0.4, 0.5) is 5.82 Å². The average molecular weight is 243 g/mol. The first kappa shape index (κ1) is 13.8. The Labute approximate surface area is 98.8 Å². The Balaban J connectivity index is 2.27. The molecule has 17 heavy (non-hydrogen) atoms. The van der Waals surface area contributed by atoms with Crippen LogP contribution in [0.3, 0.4) is 0 Å². The first-order valence-corrected chi connectivity index (χ1v) is 5.30. The Kier molecular flexibility index (Phi) is 5.78. The quantitative estimate of drug-likeness (QED) is 0.389. The maximum Gasteiger partial charge on any atom is 0.144 e. The molecule has 96 valence electrons. The van der Waals surface area contributed by atoms with Gasteiger partial charge in [0.05, 0.1) is 18.9 Å². The lowest BCUT2D eigenvalue weighted by atomic mass is 10.1. The van der Waals surface area contributed by atoms with Crippen LogP contribution in [0.1, 0.15) is 6.42 Å². The van der Waals surface area contributed by atoms with Crippen LogP contribution in [0, 0.1) is 0 Å². The standard InChI is InChI=1S/C10H17N3O4/c14-6-8(16)10(17)7(15)1-2-12-9-5-11-3-4-13-9/h3-5,7-8,10,14-17H,1-2,6H2,(H,12,13)/t7-,8-,10-/m0/s1. The Bertz CT molecular complexity index is 312. The van der Waals surface area contributed by atoms with Crippen molar-refractivity contribution in [1.29, 1.82) is 0 Å². The molecule has 0 spiro atoms. The number of nitrogens with one attached hydrogen (secondary N) is 1. The Morgan fingerprint density at radius 1 is 1.18 bits per heavy atom. The fourth-order valence-corrected chi connectivity index (χ4v) is 1.27. The van der Waals surface area contributed by atoms with Gasteiger partial charge in [0.1, 0.15) is 18.0 Å². The molecule has 0 unspecified atom stereocenters. The van der Waals surface area contributed by atoms with Gasteiger partial charge in [0, 0.05) is 18.9 Å². The molecule has 1 rings (SSSR count). The lowest BCUT2D eigenvalue weighted by Gasteiger charge is -2.21. The molecule has 1 heterocycles. The molecule has 3 atom stereocenters. The Morgan fingerprint density at radius 3 is 2.53 bits per heavy atom. The predicted molar refractivity (Wildman–Crippen MR) is 60.2 cm³/mol. The van der Waals surface area contributed by atoms with E-state index in [-0.39, 0.29) is 6.42 Å². The van der Waals surface area contributed by atoms with E-state index in [0.29, 0.717) is 12.4 Å². The summed E-state index contributed by atoms with van der Waals surface area (Å²) in [4.78, 5) is 7.81. The number of nitrogens with zero attached hydrogens (tertiary/aromatic N) is 2. The fraction of sp³-hybridized carbons (Fsp3) is 0.600. The number of rotatable bonds is 7. The minimum Gasteiger partial charge on any atom is -0.394 e. The molecule has 0 amide bonds. The van der Waals surface area contributed by atoms with Gasteiger partial charge in [-0.1, -0.05) is 0 Å². The van der Waals surface area contributed by atoms with Crippen LogP contribution in [0.25, 0.3) is 0 Å². The highest BCUT2D eigenvalue weighted by atomic mass is 16.4. The third-order valence-corrected chi connectivity index (χ3v) is 2.28. The van der Waals surface area contributed by atoms with Crippen molar-refractivity contribution in [3.63, 3.8) is 0 Å². The summed E-state index contributed by atoms with van der Waals surface area (Å²) in [5.41, 5.74) is 0. The van der Waals surface area contributed by atoms with Gasteiger partial charge in [0.15, 0.2) is 0 Å². The SMILES string of the molecule is OC[C@H](O)[C@@H](O)[C@@H](O)CCNc1cnccn1. The molecule has 0 aliphatic carbocycles. The van der Waals surface area contributed by atoms with Crippen molar-refractivity contribution in [1.82, 2.24) is 9.97 Å². The fourth-order valence-electron chi connectivity index (χ4n) is 1.27. The topological polar surface area (TPSA) is 119 Å². The van der Waals surface area contributed by atoms with E-state index in [0.717, 1.165) is 0 Å². The summed E-state index contributed by atoms with van der Waals surface area (Å²) in [5.74, 6) is 0.567. The number of aliphatic hydroxyl groups excluding tert-OH is 4. The first-order valence-electron chi connectivity index (χ1n) is 5.30. The van der Waals surface area contributed by atoms with Gasteiger partial charge >= 0.3 is 0 Å². The number of aromatic nitrogens is 2. The normalized spacial score (nSPS) is 16.2. The maximum atomic E-state index is 9.50. The van der Waals surface area contributed by atoms with Crippen LogP contribution < -0.4 is 5.32 Å². The molecule has 0 bridgehead atoms. The van der Waals surface area contributed by atoms with Crippen LogP contribution in [-0.2, 0) is 0 Å². The molecule has 0 fully saturated rings. The first-order chi connectivity index (χ1) is 8.15. The Hall–Kier alpha value is -1.28. The molecule has 0 aromatic carbocycles. The zero-order chi connectivity index (χ0) is 12.7. The molecule has 0 aliphatic rings. The third-order valence-electron chi connectivity index (χ3n) is 2.28. The van der Waals surface area contributed by atoms with Gasteiger partial charge in [-0.2, -0.15) is 0 Å². The average Bonchev–Trinajstić information content (AvgIpc) is 2.38. The highest BCUT2D eigenvalue weighted by molar-refractivity contribution is 5.29. The van der Waals surface area contributed by atoms with Crippen LogP contribution in [0.5, 0.6) is 0 Å². The van der Waals surface area contributed by atoms with Gasteiger partial charge in [-0.3, -0.25) is 4.98 Å². The van der Waals surface area contributed by atoms with E-state index in [1.807, 2.05) is 0 Å². The largest absolute Gasteiger partial charge is 0.394 e. The second-order valence-corrected chi connectivity index (χ2v) is 3.61. The molecule has 1 aromatic rings. The number of hydrogen-bond donors (Lipinski definition) is 5. The minimum atomic E-state index is -1.36. The molecular formula is C10H17N3O4. The van der Waals surface area contributed by atoms with Crippen LogP contribution in [0.15, 0.2) is 18.6 Å². The molecule has 0 saturated heterocycles. The lowest BCUT2D eigenvalue weighted by Crippen LogP contribution is -2.40. The molecule has 0 radical (unpaired) electrons. The molecule has 7 heteroatoms. The van der Waals surface area contributed by atoms with Gasteiger partial charge < -0.3 is 25.7 Å². The van der Waals surface area contributed by atoms with Gasteiger partial charge in [-0.05, 0) is 6.42 Å². The van der Waals surface area contributed by atoms with Crippen molar-refractivity contribution in [2.75, 3.05) is 18.5 Å². The highest BCUT2D eigenvalue weighted by Gasteiger charge is 2.23. The highest BCUT2D eigenvalue weighted by Crippen LogP contribution is 2.05. The lowest BCUT2D eigenvalue weighted by molar-refractivity contribution is -0.0771. The van der Waals surface area contributed by atoms with Crippen molar-refractivity contribution < 1.29 is 20.4 Å². The summed E-state index contributed by atoms with van der Waals surface area (Å²) >= 11 is 0. The molecule has 0 aliphatic heterocycles. The molecule has 0 saturated carbocycles. The van der Waals surface area contributed by atoms with E-state index in [4.69, 9.17) is 10.2 Å². The van der Waals surface area contributed by atoms with Crippen LogP contribution in [-0.4, -0.2) is 61.9 Å². The number of aliphatic hydroxyl groups is 4. The maximum absolute atomic E-state index is 9.50. The van der Waals surface area contributed by atoms with Gasteiger partial charge in [-0.25, -0.2) is 4.98 Å². The van der Waals surface area contributed by atoms with E-state index < -0.39 is 24.9 Å². The molecule has 5 N–H and O–H groups in total. The minimum absolute atomic E-state index is 0.217. The van der Waals surface area contributed by atoms with Gasteiger partial charge in [-0.15, -0.1) is 0 Å². The number of anilines is 1. The second-order valence-electron chi connectivity index (χ2n) is 3.61. The van der Waals surface area contributed by atoms with Crippen molar-refractivity contribution in [3.05, 3.63) is 18.6 Å². The van der Waals surface area contributed by atoms with E-state index in [2.05, 4.69) is 15.3 Å². The van der Waals surface area contributed by atoms with Gasteiger partial charge in [0.2, 0.25) is 0 Å². The monoisotopic (exact) mass is 243 g/mol. The molecular weight excluding hydrogens is 226 g/mol. The summed E-state index contributed by atoms with van der Waals surface area (Å²) < 4.78 is 0. The van der Waals surface area contributed by atoms with E-state index in [1.54, 1.807) is 6.20 Å². The second kappa shape index (κ2) is 7.13. The number of hydrogen-bond acceptors (Lipinski definition) is 7. The van der Waals surface area contributed by atoms with E-state index in [1.165, 1.54) is 12.4 Å². The zero-order valence-electron chi connectivity index (χ0n) is 9.27. The van der Waals surface area contributed by atoms with Crippen molar-refractivity contribution >= 4 is 5.82 Å². The van der Waals surface area contributed by atoms with E-state index in [9.17, 15) is 10.2 Å². The third kappa shape index (κ3) is 4.61. The molecule has 7 nitrogen and oxygen atoms in total. The summed E-state index contributed by atoms with van der Waals surface area (Å²) in [6, 6.07) is 0. The smallest absolute Gasteiger partial charge is 0.144 e. The van der Waals surface area contributed by atoms with Crippen LogP contribution in [0.2, 0.25) is 0 Å². The predicted octanol–water partition coefficient (Wildman–Crippen LogP) is -1.65. The van der Waals surface area contributed by atoms with E-state index >= 15 is 0 Å². The van der Waals surface area contributed by atoms with Crippen molar-refractivity contribution in [2.45, 2.75) is 24.7 Å². The Morgan fingerprint density at radius 2 is 1.94 bits per heavy atom. The van der Waals surface area contributed by atoms with Crippen molar-refractivity contribution in [3.8, 4) is 0 Å². The molecule has 1 aromatic heterocycles. The zero-order valence-corrected chi connectivity index (χ0v) is 9.27. The summed E-state index contributed by atoms with van der Waals surface area (Å²) in [6.45, 7) is -0.217. The van der Waals surface area contributed by atoms with Crippen LogP contribution >= 0.6 is 0 Å². The summed E-state index contributed by atoms with van der Waals surface area (Å²) in [7, 11) is 0. The van der Waals surface area contributed by atoms with Gasteiger partial charge in [0.25, 0.3) is 0 Å².